The van der Waals surface area contributed by atoms with Crippen molar-refractivity contribution in [2.45, 2.75) is 12.5 Å². The molecule has 6 heteroatoms. The van der Waals surface area contributed by atoms with Crippen molar-refractivity contribution in [1.82, 2.24) is 10.3 Å². The molecule has 0 bridgehead atoms. The summed E-state index contributed by atoms with van der Waals surface area (Å²) in [6, 6.07) is 5.46. The molecule has 1 amide bonds. The van der Waals surface area contributed by atoms with E-state index in [9.17, 15) is 4.79 Å². The molecule has 1 aliphatic heterocycles. The van der Waals surface area contributed by atoms with Gasteiger partial charge in [-0.05, 0) is 52.9 Å². The van der Waals surface area contributed by atoms with Crippen LogP contribution in [0.4, 0.5) is 5.82 Å². The summed E-state index contributed by atoms with van der Waals surface area (Å²) in [6.07, 6.45) is 1.19. The van der Waals surface area contributed by atoms with Gasteiger partial charge < -0.3 is 10.6 Å². The van der Waals surface area contributed by atoms with Gasteiger partial charge >= 0.3 is 0 Å². The molecule has 2 heterocycles. The van der Waals surface area contributed by atoms with E-state index in [0.29, 0.717) is 11.7 Å². The molecule has 92 valence electrons. The molecule has 2 aliphatic rings. The van der Waals surface area contributed by atoms with E-state index in [1.165, 1.54) is 6.42 Å². The highest BCUT2D eigenvalue weighted by atomic mass is 79.9. The first-order valence-electron chi connectivity index (χ1n) is 5.41. The lowest BCUT2D eigenvalue weighted by atomic mass is 10.2. The molecule has 1 aliphatic carbocycles. The number of pyridine rings is 1. The summed E-state index contributed by atoms with van der Waals surface area (Å²) in [7, 11) is 0. The number of aromatic nitrogens is 1. The Balaban J connectivity index is 0.00000108. The molecule has 3 unspecified atom stereocenters. The molecule has 2 fully saturated rings. The fourth-order valence-electron chi connectivity index (χ4n) is 2.31. The second kappa shape index (κ2) is 4.92. The number of nitrogens with one attached hydrogen (secondary N) is 2. The third-order valence-electron chi connectivity index (χ3n) is 3.25. The van der Waals surface area contributed by atoms with Crippen LogP contribution < -0.4 is 10.6 Å². The largest absolute Gasteiger partial charge is 0.309 e. The summed E-state index contributed by atoms with van der Waals surface area (Å²) in [5.41, 5.74) is 0. The molecule has 1 saturated carbocycles. The number of rotatable bonds is 2. The maximum atomic E-state index is 11.9. The van der Waals surface area contributed by atoms with Gasteiger partial charge in [0.2, 0.25) is 5.91 Å². The molecular weight excluding hydrogens is 305 g/mol. The minimum Gasteiger partial charge on any atom is -0.309 e. The lowest BCUT2D eigenvalue weighted by Crippen LogP contribution is -2.39. The summed E-state index contributed by atoms with van der Waals surface area (Å²) in [4.78, 5) is 16.1. The SMILES string of the molecule is Cl.O=C(Nc1cccc(Br)n1)C1NCC2CC21. The minimum atomic E-state index is -0.0224. The van der Waals surface area contributed by atoms with Crippen molar-refractivity contribution in [1.29, 1.82) is 0 Å². The van der Waals surface area contributed by atoms with Crippen molar-refractivity contribution >= 4 is 40.1 Å². The Kier molecular flexibility index (Phi) is 3.70. The molecule has 2 N–H and O–H groups in total. The number of amides is 1. The van der Waals surface area contributed by atoms with Crippen LogP contribution in [0.2, 0.25) is 0 Å². The van der Waals surface area contributed by atoms with Gasteiger partial charge in [0.05, 0.1) is 6.04 Å². The minimum absolute atomic E-state index is 0. The zero-order valence-electron chi connectivity index (χ0n) is 9.02. The Morgan fingerprint density at radius 3 is 2.94 bits per heavy atom. The third kappa shape index (κ3) is 2.61. The van der Waals surface area contributed by atoms with Crippen LogP contribution in [-0.4, -0.2) is 23.5 Å². The normalized spacial score (nSPS) is 29.1. The molecule has 1 saturated heterocycles. The van der Waals surface area contributed by atoms with Crippen LogP contribution in [0.1, 0.15) is 6.42 Å². The van der Waals surface area contributed by atoms with Crippen LogP contribution in [-0.2, 0) is 4.79 Å². The summed E-state index contributed by atoms with van der Waals surface area (Å²) >= 11 is 3.28. The van der Waals surface area contributed by atoms with Gasteiger partial charge in [-0.25, -0.2) is 4.98 Å². The predicted octanol–water partition coefficient (Wildman–Crippen LogP) is 1.81. The average molecular weight is 319 g/mol. The smallest absolute Gasteiger partial charge is 0.242 e. The monoisotopic (exact) mass is 317 g/mol. The van der Waals surface area contributed by atoms with Gasteiger partial charge in [0.15, 0.2) is 0 Å². The summed E-state index contributed by atoms with van der Waals surface area (Å²) in [5.74, 6) is 1.92. The Labute approximate surface area is 114 Å². The van der Waals surface area contributed by atoms with E-state index in [0.717, 1.165) is 17.1 Å². The molecule has 1 aromatic rings. The average Bonchev–Trinajstić information content (AvgIpc) is 2.89. The van der Waals surface area contributed by atoms with Crippen molar-refractivity contribution in [3.8, 4) is 0 Å². The molecule has 0 aromatic carbocycles. The van der Waals surface area contributed by atoms with E-state index in [2.05, 4.69) is 31.5 Å². The van der Waals surface area contributed by atoms with E-state index in [1.54, 1.807) is 6.07 Å². The first kappa shape index (κ1) is 12.8. The summed E-state index contributed by atoms with van der Waals surface area (Å²) in [6.45, 7) is 0.981. The van der Waals surface area contributed by atoms with Crippen LogP contribution in [0.3, 0.4) is 0 Å². The van der Waals surface area contributed by atoms with E-state index in [-0.39, 0.29) is 24.4 Å². The molecule has 3 rings (SSSR count). The Morgan fingerprint density at radius 1 is 1.53 bits per heavy atom. The fraction of sp³-hybridized carbons (Fsp3) is 0.455. The van der Waals surface area contributed by atoms with E-state index < -0.39 is 0 Å². The standard InChI is InChI=1S/C11H12BrN3O.ClH/c12-8-2-1-3-9(14-8)15-11(16)10-7-4-6(7)5-13-10;/h1-3,6-7,10,13H,4-5H2,(H,14,15,16);1H. The Bertz CT molecular complexity index is 442. The van der Waals surface area contributed by atoms with Gasteiger partial charge in [-0.2, -0.15) is 0 Å². The van der Waals surface area contributed by atoms with E-state index in [1.807, 2.05) is 12.1 Å². The highest BCUT2D eigenvalue weighted by Gasteiger charge is 2.50. The first-order chi connectivity index (χ1) is 7.74. The zero-order valence-corrected chi connectivity index (χ0v) is 11.4. The molecule has 1 aromatic heterocycles. The van der Waals surface area contributed by atoms with Crippen LogP contribution in [0.15, 0.2) is 22.8 Å². The Hall–Kier alpha value is -0.650. The lowest BCUT2D eigenvalue weighted by molar-refractivity contribution is -0.118. The quantitative estimate of drug-likeness (QED) is 0.818. The highest BCUT2D eigenvalue weighted by Crippen LogP contribution is 2.45. The number of halogens is 2. The summed E-state index contributed by atoms with van der Waals surface area (Å²) in [5, 5.41) is 6.08. The third-order valence-corrected chi connectivity index (χ3v) is 3.70. The van der Waals surface area contributed by atoms with Gasteiger partial charge in [-0.3, -0.25) is 4.79 Å². The van der Waals surface area contributed by atoms with Crippen molar-refractivity contribution < 1.29 is 4.79 Å². The van der Waals surface area contributed by atoms with Gasteiger partial charge in [0.1, 0.15) is 10.4 Å². The van der Waals surface area contributed by atoms with Gasteiger partial charge in [0, 0.05) is 0 Å². The van der Waals surface area contributed by atoms with Crippen molar-refractivity contribution in [3.05, 3.63) is 22.8 Å². The lowest BCUT2D eigenvalue weighted by Gasteiger charge is -2.12. The van der Waals surface area contributed by atoms with Gasteiger partial charge in [0.25, 0.3) is 0 Å². The van der Waals surface area contributed by atoms with E-state index >= 15 is 0 Å². The Morgan fingerprint density at radius 2 is 2.35 bits per heavy atom. The second-order valence-corrected chi connectivity index (χ2v) is 5.19. The number of carbonyl (C=O) groups excluding carboxylic acids is 1. The molecular formula is C11H13BrClN3O. The number of carbonyl (C=O) groups is 1. The van der Waals surface area contributed by atoms with E-state index in [4.69, 9.17) is 0 Å². The summed E-state index contributed by atoms with van der Waals surface area (Å²) < 4.78 is 0.731. The number of hydrogen-bond donors (Lipinski definition) is 2. The van der Waals surface area contributed by atoms with Crippen molar-refractivity contribution in [2.24, 2.45) is 11.8 Å². The molecule has 17 heavy (non-hydrogen) atoms. The van der Waals surface area contributed by atoms with Gasteiger partial charge in [-0.1, -0.05) is 6.07 Å². The second-order valence-electron chi connectivity index (χ2n) is 4.38. The van der Waals surface area contributed by atoms with Crippen molar-refractivity contribution in [3.63, 3.8) is 0 Å². The fourth-order valence-corrected chi connectivity index (χ4v) is 2.66. The zero-order chi connectivity index (χ0) is 11.1. The van der Waals surface area contributed by atoms with Crippen LogP contribution in [0.5, 0.6) is 0 Å². The van der Waals surface area contributed by atoms with Crippen LogP contribution in [0.25, 0.3) is 0 Å². The van der Waals surface area contributed by atoms with Gasteiger partial charge in [-0.15, -0.1) is 12.4 Å². The topological polar surface area (TPSA) is 54.0 Å². The maximum Gasteiger partial charge on any atom is 0.242 e. The molecule has 3 atom stereocenters. The molecule has 4 nitrogen and oxygen atoms in total. The highest BCUT2D eigenvalue weighted by molar-refractivity contribution is 9.10. The number of piperidine rings is 1. The maximum absolute atomic E-state index is 11.9. The predicted molar refractivity (Wildman–Crippen MR) is 71.2 cm³/mol. The number of fused-ring (bicyclic) bond motifs is 1. The number of nitrogens with zero attached hydrogens (tertiary/aromatic N) is 1. The molecule has 0 spiro atoms. The van der Waals surface area contributed by atoms with Crippen molar-refractivity contribution in [2.75, 3.05) is 11.9 Å². The van der Waals surface area contributed by atoms with Crippen LogP contribution in [0, 0.1) is 11.8 Å². The van der Waals surface area contributed by atoms with Crippen LogP contribution >= 0.6 is 28.3 Å². The number of anilines is 1. The molecule has 0 radical (unpaired) electrons. The number of hydrogen-bond acceptors (Lipinski definition) is 3. The first-order valence-corrected chi connectivity index (χ1v) is 6.20.